The molecule has 209 valence electrons. The molecule has 0 atom stereocenters. The van der Waals surface area contributed by atoms with Crippen molar-refractivity contribution in [2.75, 3.05) is 15.3 Å². The Bertz CT molecular complexity index is 1780. The van der Waals surface area contributed by atoms with Gasteiger partial charge in [-0.15, -0.1) is 10.5 Å². The molecule has 9 nitrogen and oxygen atoms in total. The van der Waals surface area contributed by atoms with E-state index in [2.05, 4.69) is 15.8 Å². The number of urea groups is 1. The van der Waals surface area contributed by atoms with Crippen molar-refractivity contribution in [3.63, 3.8) is 0 Å². The third-order valence-electron chi connectivity index (χ3n) is 6.49. The number of nitrogens with zero attached hydrogens (tertiary/aromatic N) is 4. The fourth-order valence-electron chi connectivity index (χ4n) is 4.30. The van der Waals surface area contributed by atoms with Crippen LogP contribution >= 0.6 is 0 Å². The van der Waals surface area contributed by atoms with E-state index in [1.165, 1.54) is 10.0 Å². The van der Waals surface area contributed by atoms with Gasteiger partial charge in [0.1, 0.15) is 5.75 Å². The molecule has 0 aromatic heterocycles. The third kappa shape index (κ3) is 6.10. The van der Waals surface area contributed by atoms with Crippen LogP contribution in [0.5, 0.6) is 5.75 Å². The maximum Gasteiger partial charge on any atom is 0.370 e. The average molecular weight is 567 g/mol. The lowest BCUT2D eigenvalue weighted by molar-refractivity contribution is 0.0734. The summed E-state index contributed by atoms with van der Waals surface area (Å²) < 4.78 is 5.48. The zero-order valence-electron chi connectivity index (χ0n) is 22.7. The second kappa shape index (κ2) is 12.1. The molecule has 1 radical (unpaired) electrons. The normalized spacial score (nSPS) is 12.7. The Labute approximate surface area is 247 Å². The van der Waals surface area contributed by atoms with Crippen LogP contribution in [0.4, 0.5) is 21.9 Å². The topological polar surface area (TPSA) is 105 Å². The van der Waals surface area contributed by atoms with Crippen LogP contribution in [-0.2, 0) is 0 Å². The summed E-state index contributed by atoms with van der Waals surface area (Å²) in [5.74, 6) is -0.0833. The summed E-state index contributed by atoms with van der Waals surface area (Å²) in [5.41, 5.74) is 7.70. The highest BCUT2D eigenvalue weighted by molar-refractivity contribution is 6.13. The number of amides is 3. The minimum atomic E-state index is -0.519. The minimum Gasteiger partial charge on any atom is -0.423 e. The van der Waals surface area contributed by atoms with Crippen molar-refractivity contribution in [1.82, 2.24) is 5.43 Å². The molecular formula is C34H24N5O4. The van der Waals surface area contributed by atoms with Crippen molar-refractivity contribution in [3.05, 3.63) is 156 Å². The molecule has 1 heterocycles. The smallest absolute Gasteiger partial charge is 0.370 e. The van der Waals surface area contributed by atoms with E-state index in [4.69, 9.17) is 4.74 Å². The SMILES string of the molecule is O=C(Nc1ccc(N2N=C(c3ccccc3)[N]N(c3ccc(OC(=O)c4ccccc4)cc3)C2=O)cc1)c1ccccc1. The Morgan fingerprint density at radius 3 is 1.77 bits per heavy atom. The molecule has 0 bridgehead atoms. The van der Waals surface area contributed by atoms with Crippen LogP contribution in [0.1, 0.15) is 26.3 Å². The summed E-state index contributed by atoms with van der Waals surface area (Å²) in [4.78, 5) is 38.7. The van der Waals surface area contributed by atoms with Crippen LogP contribution in [-0.4, -0.2) is 23.7 Å². The Balaban J connectivity index is 1.24. The monoisotopic (exact) mass is 566 g/mol. The molecule has 1 aliphatic rings. The molecule has 9 heteroatoms. The van der Waals surface area contributed by atoms with Crippen molar-refractivity contribution < 1.29 is 19.1 Å². The van der Waals surface area contributed by atoms with E-state index in [9.17, 15) is 14.4 Å². The van der Waals surface area contributed by atoms with Crippen LogP contribution in [0.15, 0.2) is 145 Å². The van der Waals surface area contributed by atoms with Crippen LogP contribution in [0.2, 0.25) is 0 Å². The number of carbonyl (C=O) groups is 3. The average Bonchev–Trinajstić information content (AvgIpc) is 3.07. The first kappa shape index (κ1) is 27.0. The summed E-state index contributed by atoms with van der Waals surface area (Å²) in [5, 5.41) is 9.89. The highest BCUT2D eigenvalue weighted by Gasteiger charge is 2.32. The summed E-state index contributed by atoms with van der Waals surface area (Å²) in [7, 11) is 0. The molecule has 0 fully saturated rings. The summed E-state index contributed by atoms with van der Waals surface area (Å²) in [6, 6.07) is 39.6. The van der Waals surface area contributed by atoms with E-state index in [0.29, 0.717) is 45.3 Å². The first-order valence-electron chi connectivity index (χ1n) is 13.4. The van der Waals surface area contributed by atoms with Gasteiger partial charge in [0, 0.05) is 16.8 Å². The summed E-state index contributed by atoms with van der Waals surface area (Å²) >= 11 is 0. The van der Waals surface area contributed by atoms with E-state index in [-0.39, 0.29) is 5.91 Å². The quantitative estimate of drug-likeness (QED) is 0.180. The van der Waals surface area contributed by atoms with Gasteiger partial charge in [0.25, 0.3) is 5.91 Å². The zero-order chi connectivity index (χ0) is 29.6. The Morgan fingerprint density at radius 1 is 0.605 bits per heavy atom. The molecule has 3 amide bonds. The number of amidine groups is 1. The largest absolute Gasteiger partial charge is 0.423 e. The number of nitrogens with one attached hydrogen (secondary N) is 1. The van der Waals surface area contributed by atoms with Crippen LogP contribution in [0.3, 0.4) is 0 Å². The van der Waals surface area contributed by atoms with Crippen molar-refractivity contribution in [3.8, 4) is 5.75 Å². The summed E-state index contributed by atoms with van der Waals surface area (Å²) in [6.45, 7) is 0. The lowest BCUT2D eigenvalue weighted by atomic mass is 10.2. The van der Waals surface area contributed by atoms with Crippen LogP contribution in [0, 0.1) is 0 Å². The lowest BCUT2D eigenvalue weighted by Crippen LogP contribution is -2.52. The zero-order valence-corrected chi connectivity index (χ0v) is 22.7. The predicted molar refractivity (Wildman–Crippen MR) is 164 cm³/mol. The number of ether oxygens (including phenoxy) is 1. The minimum absolute atomic E-state index is 0.241. The molecule has 0 spiro atoms. The van der Waals surface area contributed by atoms with Gasteiger partial charge in [-0.2, -0.15) is 10.0 Å². The van der Waals surface area contributed by atoms with Crippen molar-refractivity contribution in [2.45, 2.75) is 0 Å². The van der Waals surface area contributed by atoms with E-state index in [1.807, 2.05) is 42.5 Å². The van der Waals surface area contributed by atoms with Gasteiger partial charge in [0.2, 0.25) is 0 Å². The number of hydrogen-bond acceptors (Lipinski definition) is 5. The highest BCUT2D eigenvalue weighted by atomic mass is 16.5. The van der Waals surface area contributed by atoms with Gasteiger partial charge >= 0.3 is 12.0 Å². The highest BCUT2D eigenvalue weighted by Crippen LogP contribution is 2.27. The van der Waals surface area contributed by atoms with Gasteiger partial charge in [-0.1, -0.05) is 66.7 Å². The second-order valence-electron chi connectivity index (χ2n) is 9.41. The fraction of sp³-hybridized carbons (Fsp3) is 0. The number of esters is 1. The number of benzene rings is 5. The third-order valence-corrected chi connectivity index (χ3v) is 6.49. The number of carbonyl (C=O) groups excluding carboxylic acids is 3. The maximum absolute atomic E-state index is 13.7. The molecule has 1 aliphatic heterocycles. The van der Waals surface area contributed by atoms with Gasteiger partial charge in [-0.05, 0) is 72.8 Å². The number of hydrazone groups is 1. The van der Waals surface area contributed by atoms with E-state index in [1.54, 1.807) is 97.1 Å². The molecule has 0 unspecified atom stereocenters. The van der Waals surface area contributed by atoms with E-state index >= 15 is 0 Å². The van der Waals surface area contributed by atoms with Crippen LogP contribution < -0.4 is 25.5 Å². The number of anilines is 3. The van der Waals surface area contributed by atoms with Gasteiger partial charge in [0.05, 0.1) is 16.9 Å². The van der Waals surface area contributed by atoms with Gasteiger partial charge < -0.3 is 10.1 Å². The second-order valence-corrected chi connectivity index (χ2v) is 9.41. The van der Waals surface area contributed by atoms with Crippen molar-refractivity contribution in [1.29, 1.82) is 0 Å². The molecule has 6 rings (SSSR count). The fourth-order valence-corrected chi connectivity index (χ4v) is 4.30. The van der Waals surface area contributed by atoms with Crippen molar-refractivity contribution in [2.24, 2.45) is 5.10 Å². The van der Waals surface area contributed by atoms with E-state index in [0.717, 1.165) is 0 Å². The molecular weight excluding hydrogens is 542 g/mol. The lowest BCUT2D eigenvalue weighted by Gasteiger charge is -2.31. The number of hydrogen-bond donors (Lipinski definition) is 1. The molecule has 0 aliphatic carbocycles. The van der Waals surface area contributed by atoms with Gasteiger partial charge in [-0.3, -0.25) is 4.79 Å². The van der Waals surface area contributed by atoms with E-state index < -0.39 is 12.0 Å². The standard InChI is InChI=1S/C34H24N5O4/c40-32(25-12-6-2-7-13-25)35-27-16-18-28(19-17-27)38-34(42)39(37-31(36-38)24-10-4-1-5-11-24)29-20-22-30(23-21-29)43-33(41)26-14-8-3-9-15-26/h1-23H,(H,35,40). The van der Waals surface area contributed by atoms with Gasteiger partial charge in [0.15, 0.2) is 5.84 Å². The molecule has 0 saturated heterocycles. The number of rotatable bonds is 7. The molecule has 5 aromatic rings. The van der Waals surface area contributed by atoms with Gasteiger partial charge in [-0.25, -0.2) is 9.59 Å². The Hall–Kier alpha value is -6.22. The van der Waals surface area contributed by atoms with Crippen molar-refractivity contribution >= 4 is 40.8 Å². The Morgan fingerprint density at radius 2 is 1.14 bits per heavy atom. The Kier molecular flexibility index (Phi) is 7.60. The van der Waals surface area contributed by atoms with Crippen LogP contribution in [0.25, 0.3) is 0 Å². The molecule has 43 heavy (non-hydrogen) atoms. The molecule has 5 aromatic carbocycles. The molecule has 0 saturated carbocycles. The predicted octanol–water partition coefficient (Wildman–Crippen LogP) is 6.49. The summed E-state index contributed by atoms with van der Waals surface area (Å²) in [6.07, 6.45) is 0. The first-order chi connectivity index (χ1) is 21.0. The first-order valence-corrected chi connectivity index (χ1v) is 13.4. The maximum atomic E-state index is 13.7. The molecule has 1 N–H and O–H groups in total.